The molecule has 4 nitrogen and oxygen atoms in total. The van der Waals surface area contributed by atoms with E-state index in [1.807, 2.05) is 11.9 Å². The van der Waals surface area contributed by atoms with E-state index in [2.05, 4.69) is 21.2 Å². The summed E-state index contributed by atoms with van der Waals surface area (Å²) in [7, 11) is 1.87. The molecule has 1 N–H and O–H groups in total. The van der Waals surface area contributed by atoms with Gasteiger partial charge in [0.15, 0.2) is 6.23 Å². The van der Waals surface area contributed by atoms with Gasteiger partial charge in [0, 0.05) is 24.1 Å². The van der Waals surface area contributed by atoms with Crippen molar-refractivity contribution in [2.75, 3.05) is 26.7 Å². The Hall–Kier alpha value is -0.980. The van der Waals surface area contributed by atoms with E-state index in [0.29, 0.717) is 11.0 Å². The second kappa shape index (κ2) is 5.77. The molecule has 0 radical (unpaired) electrons. The Labute approximate surface area is 113 Å². The van der Waals surface area contributed by atoms with E-state index in [0.717, 1.165) is 13.1 Å². The van der Waals surface area contributed by atoms with Gasteiger partial charge in [0.2, 0.25) is 0 Å². The lowest BCUT2D eigenvalue weighted by atomic mass is 10.2. The van der Waals surface area contributed by atoms with Crippen molar-refractivity contribution in [3.63, 3.8) is 0 Å². The average molecular weight is 317 g/mol. The summed E-state index contributed by atoms with van der Waals surface area (Å²) in [5.74, 6) is -1.22. The highest BCUT2D eigenvalue weighted by molar-refractivity contribution is 9.10. The van der Waals surface area contributed by atoms with Crippen molar-refractivity contribution in [2.45, 2.75) is 6.23 Å². The molecule has 1 heterocycles. The maximum Gasteiger partial charge on any atom is 0.342 e. The van der Waals surface area contributed by atoms with E-state index < -0.39 is 11.8 Å². The zero-order valence-electron chi connectivity index (χ0n) is 9.95. The van der Waals surface area contributed by atoms with Gasteiger partial charge in [-0.1, -0.05) is 15.9 Å². The van der Waals surface area contributed by atoms with E-state index in [1.54, 1.807) is 6.07 Å². The minimum atomic E-state index is -0.638. The molecule has 6 heteroatoms. The van der Waals surface area contributed by atoms with Crippen LogP contribution in [0.3, 0.4) is 0 Å². The van der Waals surface area contributed by atoms with Crippen molar-refractivity contribution in [3.8, 4) is 0 Å². The topological polar surface area (TPSA) is 41.6 Å². The summed E-state index contributed by atoms with van der Waals surface area (Å²) in [4.78, 5) is 13.8. The number of likely N-dealkylation sites (N-methyl/N-ethyl adjacent to an activating group) is 1. The molecule has 1 aromatic carbocycles. The highest BCUT2D eigenvalue weighted by Gasteiger charge is 2.24. The first-order valence-corrected chi connectivity index (χ1v) is 6.44. The Bertz CT molecular complexity index is 456. The van der Waals surface area contributed by atoms with Gasteiger partial charge in [-0.2, -0.15) is 0 Å². The van der Waals surface area contributed by atoms with Crippen LogP contribution in [0.25, 0.3) is 0 Å². The standard InChI is InChI=1S/C12H14BrFN2O2/c1-16-5-4-15-7-11(16)18-12(17)9-3-2-8(13)6-10(9)14/h2-3,6,11,15H,4-5,7H2,1H3. The maximum atomic E-state index is 13.6. The van der Waals surface area contributed by atoms with Crippen molar-refractivity contribution < 1.29 is 13.9 Å². The first-order valence-electron chi connectivity index (χ1n) is 5.65. The fourth-order valence-electron chi connectivity index (χ4n) is 1.75. The summed E-state index contributed by atoms with van der Waals surface area (Å²) < 4.78 is 19.5. The maximum absolute atomic E-state index is 13.6. The van der Waals surface area contributed by atoms with Crippen molar-refractivity contribution in [3.05, 3.63) is 34.1 Å². The Morgan fingerprint density at radius 3 is 3.06 bits per heavy atom. The summed E-state index contributed by atoms with van der Waals surface area (Å²) >= 11 is 3.14. The van der Waals surface area contributed by atoms with Gasteiger partial charge in [0.1, 0.15) is 5.82 Å². The zero-order chi connectivity index (χ0) is 13.1. The van der Waals surface area contributed by atoms with Crippen LogP contribution in [0.1, 0.15) is 10.4 Å². The third-order valence-corrected chi connectivity index (χ3v) is 3.34. The summed E-state index contributed by atoms with van der Waals surface area (Å²) in [6, 6.07) is 4.28. The van der Waals surface area contributed by atoms with Crippen molar-refractivity contribution in [1.29, 1.82) is 0 Å². The van der Waals surface area contributed by atoms with Gasteiger partial charge in [0.25, 0.3) is 0 Å². The van der Waals surface area contributed by atoms with Gasteiger partial charge >= 0.3 is 5.97 Å². The zero-order valence-corrected chi connectivity index (χ0v) is 11.5. The van der Waals surface area contributed by atoms with E-state index in [9.17, 15) is 9.18 Å². The van der Waals surface area contributed by atoms with Crippen molar-refractivity contribution in [2.24, 2.45) is 0 Å². The number of esters is 1. The monoisotopic (exact) mass is 316 g/mol. The molecule has 1 saturated heterocycles. The summed E-state index contributed by atoms with van der Waals surface area (Å²) in [5.41, 5.74) is -0.0443. The Morgan fingerprint density at radius 1 is 1.61 bits per heavy atom. The van der Waals surface area contributed by atoms with Crippen LogP contribution in [0.5, 0.6) is 0 Å². The molecule has 1 fully saturated rings. The molecule has 1 atom stereocenters. The SMILES string of the molecule is CN1CCNCC1OC(=O)c1ccc(Br)cc1F. The van der Waals surface area contributed by atoms with Gasteiger partial charge in [-0.15, -0.1) is 0 Å². The predicted molar refractivity (Wildman–Crippen MR) is 68.8 cm³/mol. The number of ether oxygens (including phenoxy) is 1. The Morgan fingerprint density at radius 2 is 2.39 bits per heavy atom. The van der Waals surface area contributed by atoms with Crippen LogP contribution in [-0.4, -0.2) is 43.8 Å². The Kier molecular flexibility index (Phi) is 4.31. The second-order valence-electron chi connectivity index (χ2n) is 4.17. The average Bonchev–Trinajstić information content (AvgIpc) is 2.32. The van der Waals surface area contributed by atoms with Gasteiger partial charge in [-0.05, 0) is 25.2 Å². The smallest absolute Gasteiger partial charge is 0.342 e. The van der Waals surface area contributed by atoms with Crippen LogP contribution in [0.4, 0.5) is 4.39 Å². The molecule has 18 heavy (non-hydrogen) atoms. The molecule has 2 rings (SSSR count). The summed E-state index contributed by atoms with van der Waals surface area (Å²) in [5, 5.41) is 3.13. The third-order valence-electron chi connectivity index (χ3n) is 2.85. The molecule has 0 saturated carbocycles. The lowest BCUT2D eigenvalue weighted by molar-refractivity contribution is -0.0321. The third kappa shape index (κ3) is 3.07. The van der Waals surface area contributed by atoms with Gasteiger partial charge < -0.3 is 10.1 Å². The number of hydrogen-bond acceptors (Lipinski definition) is 4. The molecule has 1 aromatic rings. The second-order valence-corrected chi connectivity index (χ2v) is 5.08. The van der Waals surface area contributed by atoms with Crippen LogP contribution in [-0.2, 0) is 4.74 Å². The molecule has 0 bridgehead atoms. The number of hydrogen-bond donors (Lipinski definition) is 1. The summed E-state index contributed by atoms with van der Waals surface area (Å²) in [6.07, 6.45) is -0.353. The van der Waals surface area contributed by atoms with Crippen LogP contribution in [0.2, 0.25) is 0 Å². The highest BCUT2D eigenvalue weighted by atomic mass is 79.9. The van der Waals surface area contributed by atoms with Gasteiger partial charge in [-0.3, -0.25) is 4.90 Å². The lowest BCUT2D eigenvalue weighted by Crippen LogP contribution is -2.51. The normalized spacial score (nSPS) is 20.7. The van der Waals surface area contributed by atoms with E-state index in [4.69, 9.17) is 4.74 Å². The molecule has 0 aliphatic carbocycles. The predicted octanol–water partition coefficient (Wildman–Crippen LogP) is 1.61. The number of rotatable bonds is 2. The molecule has 0 spiro atoms. The van der Waals surface area contributed by atoms with E-state index in [-0.39, 0.29) is 11.8 Å². The molecule has 0 aromatic heterocycles. The number of nitrogens with one attached hydrogen (secondary N) is 1. The summed E-state index contributed by atoms with van der Waals surface area (Å²) in [6.45, 7) is 2.21. The quantitative estimate of drug-likeness (QED) is 0.842. The van der Waals surface area contributed by atoms with Crippen molar-refractivity contribution >= 4 is 21.9 Å². The highest BCUT2D eigenvalue weighted by Crippen LogP contribution is 2.17. The van der Waals surface area contributed by atoms with Crippen LogP contribution < -0.4 is 5.32 Å². The van der Waals surface area contributed by atoms with Gasteiger partial charge in [0.05, 0.1) is 5.56 Å². The van der Waals surface area contributed by atoms with Crippen molar-refractivity contribution in [1.82, 2.24) is 10.2 Å². The number of nitrogens with zero attached hydrogens (tertiary/aromatic N) is 1. The minimum absolute atomic E-state index is 0.0443. The van der Waals surface area contributed by atoms with E-state index >= 15 is 0 Å². The van der Waals surface area contributed by atoms with Crippen LogP contribution in [0, 0.1) is 5.82 Å². The van der Waals surface area contributed by atoms with Crippen LogP contribution in [0.15, 0.2) is 22.7 Å². The van der Waals surface area contributed by atoms with Gasteiger partial charge in [-0.25, -0.2) is 9.18 Å². The lowest BCUT2D eigenvalue weighted by Gasteiger charge is -2.32. The number of piperazine rings is 1. The Balaban J connectivity index is 2.07. The first kappa shape index (κ1) is 13.5. The fourth-order valence-corrected chi connectivity index (χ4v) is 2.09. The first-order chi connectivity index (χ1) is 8.58. The van der Waals surface area contributed by atoms with E-state index in [1.165, 1.54) is 12.1 Å². The molecule has 1 unspecified atom stereocenters. The van der Waals surface area contributed by atoms with Crippen LogP contribution >= 0.6 is 15.9 Å². The molecule has 98 valence electrons. The molecular weight excluding hydrogens is 303 g/mol. The molecule has 0 amide bonds. The minimum Gasteiger partial charge on any atom is -0.441 e. The largest absolute Gasteiger partial charge is 0.441 e. The molecule has 1 aliphatic heterocycles. The number of benzene rings is 1. The number of carbonyl (C=O) groups excluding carboxylic acids is 1. The molecule has 1 aliphatic rings. The number of halogens is 2. The number of carbonyl (C=O) groups is 1. The fraction of sp³-hybridized carbons (Fsp3) is 0.417. The molecular formula is C12H14BrFN2O2.